The molecule has 23 heavy (non-hydrogen) atoms. The zero-order valence-corrected chi connectivity index (χ0v) is 12.4. The largest absolute Gasteiger partial charge is 0.283 e. The average molecular weight is 327 g/mol. The molecule has 0 bridgehead atoms. The Bertz CT molecular complexity index is 837. The molecule has 2 aromatic heterocycles. The van der Waals surface area contributed by atoms with Gasteiger partial charge in [0.25, 0.3) is 5.69 Å². The SMILES string of the molecule is O=[N+]([O-])c1cc(/C=N/n2cnnc2)ccc1Sc1ncccn1. The van der Waals surface area contributed by atoms with Crippen LogP contribution in [0.4, 0.5) is 5.69 Å². The fourth-order valence-electron chi connectivity index (χ4n) is 1.67. The van der Waals surface area contributed by atoms with Gasteiger partial charge in [0.2, 0.25) is 0 Å². The van der Waals surface area contributed by atoms with Gasteiger partial charge in [-0.3, -0.25) is 10.1 Å². The first-order valence-electron chi connectivity index (χ1n) is 6.34. The number of nitrogens with zero attached hydrogens (tertiary/aromatic N) is 7. The summed E-state index contributed by atoms with van der Waals surface area (Å²) in [6.07, 6.45) is 7.50. The van der Waals surface area contributed by atoms with Crippen molar-refractivity contribution < 1.29 is 4.92 Å². The van der Waals surface area contributed by atoms with Gasteiger partial charge >= 0.3 is 0 Å². The lowest BCUT2D eigenvalue weighted by molar-refractivity contribution is -0.387. The summed E-state index contributed by atoms with van der Waals surface area (Å²) in [7, 11) is 0. The van der Waals surface area contributed by atoms with Crippen LogP contribution in [0.2, 0.25) is 0 Å². The molecule has 0 saturated heterocycles. The molecule has 3 rings (SSSR count). The average Bonchev–Trinajstić information content (AvgIpc) is 3.08. The fraction of sp³-hybridized carbons (Fsp3) is 0. The maximum absolute atomic E-state index is 11.3. The Morgan fingerprint density at radius 3 is 2.65 bits per heavy atom. The molecule has 114 valence electrons. The normalized spacial score (nSPS) is 11.0. The predicted octanol–water partition coefficient (Wildman–Crippen LogP) is 2.01. The lowest BCUT2D eigenvalue weighted by atomic mass is 10.2. The Kier molecular flexibility index (Phi) is 4.34. The standard InChI is InChI=1S/C13H9N7O2S/c21-20(22)11-6-10(7-18-19-8-16-17-9-19)2-3-12(11)23-13-14-4-1-5-15-13/h1-9H/b18-7+. The summed E-state index contributed by atoms with van der Waals surface area (Å²) in [5, 5.41) is 23.0. The van der Waals surface area contributed by atoms with Gasteiger partial charge in [0.05, 0.1) is 16.0 Å². The van der Waals surface area contributed by atoms with E-state index in [1.54, 1.807) is 30.6 Å². The quantitative estimate of drug-likeness (QED) is 0.305. The van der Waals surface area contributed by atoms with E-state index in [0.29, 0.717) is 15.6 Å². The summed E-state index contributed by atoms with van der Waals surface area (Å²) in [6, 6.07) is 6.50. The molecule has 0 saturated carbocycles. The van der Waals surface area contributed by atoms with Gasteiger partial charge in [-0.2, -0.15) is 5.10 Å². The molecule has 0 N–H and O–H groups in total. The van der Waals surface area contributed by atoms with Crippen molar-refractivity contribution in [2.45, 2.75) is 10.1 Å². The van der Waals surface area contributed by atoms with Gasteiger partial charge < -0.3 is 0 Å². The number of benzene rings is 1. The molecule has 0 aliphatic rings. The van der Waals surface area contributed by atoms with Crippen molar-refractivity contribution in [2.24, 2.45) is 5.10 Å². The first kappa shape index (κ1) is 14.8. The van der Waals surface area contributed by atoms with Crippen LogP contribution in [0, 0.1) is 10.1 Å². The van der Waals surface area contributed by atoms with E-state index in [1.165, 1.54) is 29.6 Å². The zero-order chi connectivity index (χ0) is 16.1. The van der Waals surface area contributed by atoms with Crippen molar-refractivity contribution in [2.75, 3.05) is 0 Å². The monoisotopic (exact) mass is 327 g/mol. The van der Waals surface area contributed by atoms with Crippen molar-refractivity contribution in [3.8, 4) is 0 Å². The summed E-state index contributed by atoms with van der Waals surface area (Å²) in [6.45, 7) is 0. The van der Waals surface area contributed by atoms with Crippen LogP contribution in [0.5, 0.6) is 0 Å². The number of hydrogen-bond donors (Lipinski definition) is 0. The second-order valence-electron chi connectivity index (χ2n) is 4.20. The van der Waals surface area contributed by atoms with Gasteiger partial charge in [-0.1, -0.05) is 6.07 Å². The molecule has 0 radical (unpaired) electrons. The van der Waals surface area contributed by atoms with Crippen molar-refractivity contribution in [3.05, 3.63) is 65.0 Å². The molecule has 0 aliphatic carbocycles. The number of nitro benzene ring substituents is 1. The van der Waals surface area contributed by atoms with Gasteiger partial charge in [0.1, 0.15) is 12.7 Å². The molecule has 0 unspecified atom stereocenters. The number of rotatable bonds is 5. The van der Waals surface area contributed by atoms with Crippen molar-refractivity contribution >= 4 is 23.7 Å². The van der Waals surface area contributed by atoms with E-state index in [4.69, 9.17) is 0 Å². The Balaban J connectivity index is 1.88. The summed E-state index contributed by atoms with van der Waals surface area (Å²) < 4.78 is 1.40. The highest BCUT2D eigenvalue weighted by molar-refractivity contribution is 7.99. The molecule has 0 atom stereocenters. The highest BCUT2D eigenvalue weighted by atomic mass is 32.2. The van der Waals surface area contributed by atoms with Crippen molar-refractivity contribution in [3.63, 3.8) is 0 Å². The van der Waals surface area contributed by atoms with Gasteiger partial charge in [0.15, 0.2) is 5.16 Å². The molecular weight excluding hydrogens is 318 g/mol. The Morgan fingerprint density at radius 2 is 1.96 bits per heavy atom. The topological polar surface area (TPSA) is 112 Å². The van der Waals surface area contributed by atoms with Gasteiger partial charge in [0, 0.05) is 24.0 Å². The van der Waals surface area contributed by atoms with E-state index in [0.717, 1.165) is 11.8 Å². The van der Waals surface area contributed by atoms with E-state index >= 15 is 0 Å². The fourth-order valence-corrected chi connectivity index (χ4v) is 2.47. The van der Waals surface area contributed by atoms with Crippen LogP contribution in [0.25, 0.3) is 0 Å². The third kappa shape index (κ3) is 3.74. The first-order chi connectivity index (χ1) is 11.2. The summed E-state index contributed by atoms with van der Waals surface area (Å²) >= 11 is 1.13. The lowest BCUT2D eigenvalue weighted by Crippen LogP contribution is -1.95. The Labute approximate surface area is 134 Å². The highest BCUT2D eigenvalue weighted by Crippen LogP contribution is 2.33. The lowest BCUT2D eigenvalue weighted by Gasteiger charge is -2.02. The molecule has 0 fully saturated rings. The van der Waals surface area contributed by atoms with Crippen LogP contribution in [-0.4, -0.2) is 36.0 Å². The number of aromatic nitrogens is 5. The van der Waals surface area contributed by atoms with E-state index in [9.17, 15) is 10.1 Å². The molecule has 0 spiro atoms. The van der Waals surface area contributed by atoms with Crippen LogP contribution in [0.3, 0.4) is 0 Å². The molecule has 0 aliphatic heterocycles. The van der Waals surface area contributed by atoms with Gasteiger partial charge in [-0.15, -0.1) is 10.2 Å². The molecule has 10 heteroatoms. The van der Waals surface area contributed by atoms with Crippen LogP contribution in [0.1, 0.15) is 5.56 Å². The van der Waals surface area contributed by atoms with Crippen molar-refractivity contribution in [1.29, 1.82) is 0 Å². The maximum Gasteiger partial charge on any atom is 0.283 e. The summed E-state index contributed by atoms with van der Waals surface area (Å²) in [4.78, 5) is 19.4. The molecule has 9 nitrogen and oxygen atoms in total. The van der Waals surface area contributed by atoms with E-state index in [2.05, 4.69) is 25.3 Å². The zero-order valence-electron chi connectivity index (χ0n) is 11.6. The van der Waals surface area contributed by atoms with Gasteiger partial charge in [-0.25, -0.2) is 14.6 Å². The second-order valence-corrected chi connectivity index (χ2v) is 5.21. The van der Waals surface area contributed by atoms with E-state index < -0.39 is 4.92 Å². The molecule has 1 aromatic carbocycles. The predicted molar refractivity (Wildman–Crippen MR) is 82.3 cm³/mol. The van der Waals surface area contributed by atoms with Crippen LogP contribution < -0.4 is 0 Å². The minimum Gasteiger partial charge on any atom is -0.258 e. The van der Waals surface area contributed by atoms with Crippen LogP contribution in [-0.2, 0) is 0 Å². The molecular formula is C13H9N7O2S. The minimum atomic E-state index is -0.443. The minimum absolute atomic E-state index is 0.0323. The molecule has 2 heterocycles. The van der Waals surface area contributed by atoms with Crippen molar-refractivity contribution in [1.82, 2.24) is 24.8 Å². The van der Waals surface area contributed by atoms with Crippen LogP contribution >= 0.6 is 11.8 Å². The maximum atomic E-state index is 11.3. The Hall–Kier alpha value is -3.14. The first-order valence-corrected chi connectivity index (χ1v) is 7.16. The smallest absolute Gasteiger partial charge is 0.258 e. The van der Waals surface area contributed by atoms with Gasteiger partial charge in [-0.05, 0) is 23.9 Å². The third-order valence-corrected chi connectivity index (χ3v) is 3.63. The van der Waals surface area contributed by atoms with E-state index in [-0.39, 0.29) is 5.69 Å². The number of nitro groups is 1. The van der Waals surface area contributed by atoms with E-state index in [1.807, 2.05) is 0 Å². The summed E-state index contributed by atoms with van der Waals surface area (Å²) in [5.74, 6) is 0. The number of hydrogen-bond acceptors (Lipinski definition) is 8. The Morgan fingerprint density at radius 1 is 1.22 bits per heavy atom. The third-order valence-electron chi connectivity index (χ3n) is 2.67. The highest BCUT2D eigenvalue weighted by Gasteiger charge is 2.16. The second kappa shape index (κ2) is 6.75. The molecule has 3 aromatic rings. The molecule has 0 amide bonds. The summed E-state index contributed by atoms with van der Waals surface area (Å²) in [5.41, 5.74) is 0.555. The van der Waals surface area contributed by atoms with Crippen LogP contribution in [0.15, 0.2) is 64.5 Å².